The summed E-state index contributed by atoms with van der Waals surface area (Å²) in [6, 6.07) is 3.34. The number of carbonyl (C=O) groups is 1. The first-order valence-electron chi connectivity index (χ1n) is 6.14. The molecule has 1 aliphatic rings. The van der Waals surface area contributed by atoms with Crippen molar-refractivity contribution in [1.82, 2.24) is 10.3 Å². The van der Waals surface area contributed by atoms with Gasteiger partial charge in [0.15, 0.2) is 0 Å². The molecule has 4 heteroatoms. The van der Waals surface area contributed by atoms with E-state index in [2.05, 4.69) is 10.3 Å². The van der Waals surface area contributed by atoms with Crippen LogP contribution >= 0.6 is 0 Å². The van der Waals surface area contributed by atoms with Gasteiger partial charge < -0.3 is 10.1 Å². The molecular formula is C13H18N2O2. The van der Waals surface area contributed by atoms with Crippen molar-refractivity contribution in [3.05, 3.63) is 30.1 Å². The highest BCUT2D eigenvalue weighted by Crippen LogP contribution is 2.14. The highest BCUT2D eigenvalue weighted by atomic mass is 16.5. The number of rotatable bonds is 4. The predicted molar refractivity (Wildman–Crippen MR) is 64.7 cm³/mol. The molecule has 4 nitrogen and oxygen atoms in total. The van der Waals surface area contributed by atoms with Crippen LogP contribution in [-0.2, 0) is 4.74 Å². The van der Waals surface area contributed by atoms with Crippen LogP contribution < -0.4 is 5.32 Å². The molecular weight excluding hydrogens is 216 g/mol. The Morgan fingerprint density at radius 2 is 2.29 bits per heavy atom. The van der Waals surface area contributed by atoms with E-state index >= 15 is 0 Å². The summed E-state index contributed by atoms with van der Waals surface area (Å²) in [7, 11) is 0. The minimum absolute atomic E-state index is 0.254. The van der Waals surface area contributed by atoms with E-state index in [4.69, 9.17) is 4.74 Å². The van der Waals surface area contributed by atoms with Crippen molar-refractivity contribution in [2.24, 2.45) is 5.92 Å². The number of nitrogens with zero attached hydrogens (tertiary/aromatic N) is 1. The van der Waals surface area contributed by atoms with Gasteiger partial charge in [0.05, 0.1) is 12.2 Å². The van der Waals surface area contributed by atoms with Crippen LogP contribution in [0.3, 0.4) is 0 Å². The van der Waals surface area contributed by atoms with Crippen LogP contribution in [0.25, 0.3) is 0 Å². The van der Waals surface area contributed by atoms with Gasteiger partial charge in [-0.25, -0.2) is 4.79 Å². The van der Waals surface area contributed by atoms with Crippen LogP contribution in [0, 0.1) is 5.92 Å². The fourth-order valence-corrected chi connectivity index (χ4v) is 2.06. The first kappa shape index (κ1) is 12.0. The second-order valence-corrected chi connectivity index (χ2v) is 4.37. The third-order valence-electron chi connectivity index (χ3n) is 3.07. The molecule has 1 N–H and O–H groups in total. The van der Waals surface area contributed by atoms with E-state index in [1.54, 1.807) is 24.5 Å². The van der Waals surface area contributed by atoms with Gasteiger partial charge in [0.25, 0.3) is 0 Å². The van der Waals surface area contributed by atoms with Crippen molar-refractivity contribution < 1.29 is 9.53 Å². The van der Waals surface area contributed by atoms with Gasteiger partial charge in [-0.3, -0.25) is 4.98 Å². The topological polar surface area (TPSA) is 51.2 Å². The number of esters is 1. The van der Waals surface area contributed by atoms with Crippen LogP contribution in [0.5, 0.6) is 0 Å². The molecule has 0 aromatic carbocycles. The maximum atomic E-state index is 11.6. The zero-order valence-electron chi connectivity index (χ0n) is 9.89. The predicted octanol–water partition coefficient (Wildman–Crippen LogP) is 1.63. The Bertz CT molecular complexity index is 348. The van der Waals surface area contributed by atoms with Gasteiger partial charge in [-0.1, -0.05) is 0 Å². The third kappa shape index (κ3) is 3.82. The molecule has 0 saturated carbocycles. The van der Waals surface area contributed by atoms with E-state index in [0.717, 1.165) is 19.5 Å². The van der Waals surface area contributed by atoms with E-state index < -0.39 is 0 Å². The van der Waals surface area contributed by atoms with E-state index in [9.17, 15) is 4.79 Å². The second kappa shape index (κ2) is 6.35. The van der Waals surface area contributed by atoms with Crippen LogP contribution in [0.1, 0.15) is 29.6 Å². The summed E-state index contributed by atoms with van der Waals surface area (Å²) in [6.07, 6.45) is 6.61. The summed E-state index contributed by atoms with van der Waals surface area (Å²) < 4.78 is 5.24. The lowest BCUT2D eigenvalue weighted by atomic mass is 9.97. The number of carbonyl (C=O) groups excluding carboxylic acids is 1. The van der Waals surface area contributed by atoms with Crippen LogP contribution in [0.4, 0.5) is 0 Å². The number of nitrogens with one attached hydrogen (secondary N) is 1. The van der Waals surface area contributed by atoms with Crippen molar-refractivity contribution >= 4 is 5.97 Å². The molecule has 92 valence electrons. The average molecular weight is 234 g/mol. The van der Waals surface area contributed by atoms with E-state index in [-0.39, 0.29) is 5.97 Å². The van der Waals surface area contributed by atoms with Gasteiger partial charge >= 0.3 is 5.97 Å². The Kier molecular flexibility index (Phi) is 4.50. The first-order chi connectivity index (χ1) is 8.36. The molecule has 1 aliphatic heterocycles. The molecule has 0 aliphatic carbocycles. The maximum absolute atomic E-state index is 11.6. The standard InChI is InChI=1S/C13H18N2O2/c16-13(12-3-7-14-8-4-12)17-9-5-11-2-1-6-15-10-11/h3-4,7-8,11,15H,1-2,5-6,9-10H2/t11-/m0/s1. The van der Waals surface area contributed by atoms with Gasteiger partial charge in [-0.05, 0) is 50.4 Å². The number of ether oxygens (including phenoxy) is 1. The first-order valence-corrected chi connectivity index (χ1v) is 6.14. The summed E-state index contributed by atoms with van der Waals surface area (Å²) in [4.78, 5) is 15.5. The van der Waals surface area contributed by atoms with Crippen LogP contribution in [0.15, 0.2) is 24.5 Å². The van der Waals surface area contributed by atoms with Crippen LogP contribution in [0.2, 0.25) is 0 Å². The van der Waals surface area contributed by atoms with Crippen molar-refractivity contribution in [2.45, 2.75) is 19.3 Å². The molecule has 1 atom stereocenters. The lowest BCUT2D eigenvalue weighted by molar-refractivity contribution is 0.0477. The van der Waals surface area contributed by atoms with E-state index in [0.29, 0.717) is 18.1 Å². The largest absolute Gasteiger partial charge is 0.462 e. The molecule has 1 aromatic heterocycles. The average Bonchev–Trinajstić information content (AvgIpc) is 2.41. The highest BCUT2D eigenvalue weighted by Gasteiger charge is 2.13. The molecule has 0 bridgehead atoms. The summed E-state index contributed by atoms with van der Waals surface area (Å²) in [5.74, 6) is 0.394. The summed E-state index contributed by atoms with van der Waals surface area (Å²) in [5.41, 5.74) is 0.571. The lowest BCUT2D eigenvalue weighted by Gasteiger charge is -2.22. The lowest BCUT2D eigenvalue weighted by Crippen LogP contribution is -2.30. The van der Waals surface area contributed by atoms with Crippen LogP contribution in [-0.4, -0.2) is 30.6 Å². The molecule has 0 amide bonds. The fraction of sp³-hybridized carbons (Fsp3) is 0.538. The second-order valence-electron chi connectivity index (χ2n) is 4.37. The molecule has 0 radical (unpaired) electrons. The quantitative estimate of drug-likeness (QED) is 0.804. The van der Waals surface area contributed by atoms with Gasteiger partial charge in [0.1, 0.15) is 0 Å². The van der Waals surface area contributed by atoms with E-state index in [1.807, 2.05) is 0 Å². The SMILES string of the molecule is O=C(OCC[C@@H]1CCCNC1)c1ccncc1. The number of hydrogen-bond donors (Lipinski definition) is 1. The summed E-state index contributed by atoms with van der Waals surface area (Å²) in [5, 5.41) is 3.36. The Labute approximate surface area is 101 Å². The summed E-state index contributed by atoms with van der Waals surface area (Å²) >= 11 is 0. The number of hydrogen-bond acceptors (Lipinski definition) is 4. The smallest absolute Gasteiger partial charge is 0.338 e. The molecule has 2 heterocycles. The Balaban J connectivity index is 1.69. The normalized spacial score (nSPS) is 19.9. The van der Waals surface area contributed by atoms with Gasteiger partial charge in [-0.2, -0.15) is 0 Å². The Hall–Kier alpha value is -1.42. The monoisotopic (exact) mass is 234 g/mol. The molecule has 1 aromatic rings. The summed E-state index contributed by atoms with van der Waals surface area (Å²) in [6.45, 7) is 2.67. The number of pyridine rings is 1. The highest BCUT2D eigenvalue weighted by molar-refractivity contribution is 5.89. The molecule has 1 fully saturated rings. The molecule has 1 saturated heterocycles. The van der Waals surface area contributed by atoms with E-state index in [1.165, 1.54) is 12.8 Å². The number of aromatic nitrogens is 1. The van der Waals surface area contributed by atoms with Gasteiger partial charge in [0.2, 0.25) is 0 Å². The van der Waals surface area contributed by atoms with Crippen molar-refractivity contribution in [3.8, 4) is 0 Å². The molecule has 0 unspecified atom stereocenters. The van der Waals surface area contributed by atoms with Crippen molar-refractivity contribution in [2.75, 3.05) is 19.7 Å². The minimum atomic E-state index is -0.254. The molecule has 0 spiro atoms. The maximum Gasteiger partial charge on any atom is 0.338 e. The third-order valence-corrected chi connectivity index (χ3v) is 3.07. The van der Waals surface area contributed by atoms with Crippen molar-refractivity contribution in [1.29, 1.82) is 0 Å². The molecule has 2 rings (SSSR count). The minimum Gasteiger partial charge on any atom is -0.462 e. The fourth-order valence-electron chi connectivity index (χ4n) is 2.06. The molecule has 17 heavy (non-hydrogen) atoms. The zero-order valence-corrected chi connectivity index (χ0v) is 9.89. The van der Waals surface area contributed by atoms with Crippen molar-refractivity contribution in [3.63, 3.8) is 0 Å². The van der Waals surface area contributed by atoms with Gasteiger partial charge in [-0.15, -0.1) is 0 Å². The van der Waals surface area contributed by atoms with Gasteiger partial charge in [0, 0.05) is 12.4 Å². The number of piperidine rings is 1. The Morgan fingerprint density at radius 1 is 1.47 bits per heavy atom. The Morgan fingerprint density at radius 3 is 3.00 bits per heavy atom. The zero-order chi connectivity index (χ0) is 11.9.